The summed E-state index contributed by atoms with van der Waals surface area (Å²) in [7, 11) is 0. The van der Waals surface area contributed by atoms with Gasteiger partial charge >= 0.3 is 0 Å². The molecule has 1 aliphatic rings. The molecular formula is C25H26N4O2S2. The van der Waals surface area contributed by atoms with Crippen LogP contribution in [0, 0.1) is 13.8 Å². The summed E-state index contributed by atoms with van der Waals surface area (Å²) in [5, 5.41) is 1.97. The lowest BCUT2D eigenvalue weighted by Gasteiger charge is -2.16. The zero-order valence-electron chi connectivity index (χ0n) is 18.8. The van der Waals surface area contributed by atoms with E-state index >= 15 is 0 Å². The zero-order chi connectivity index (χ0) is 22.9. The van der Waals surface area contributed by atoms with Crippen molar-refractivity contribution in [1.29, 1.82) is 0 Å². The molecule has 170 valence electrons. The van der Waals surface area contributed by atoms with Crippen molar-refractivity contribution in [2.45, 2.75) is 63.4 Å². The molecule has 3 heterocycles. The standard InChI is InChI=1S/C25H26N4O2S2/c1-15-16(2)33-23-21(15)22(30)27-20(28-23)14-32-25-26-19-11-7-6-10-18(19)24(31)29(25)13-12-17-8-4-3-5-9-17/h6-8,10-11H,3-5,9,12-14H2,1-2H3,(H,27,28,30). The Morgan fingerprint density at radius 1 is 1.15 bits per heavy atom. The smallest absolute Gasteiger partial charge is 0.262 e. The number of thiophene rings is 1. The van der Waals surface area contributed by atoms with E-state index in [0.29, 0.717) is 39.6 Å². The molecule has 0 radical (unpaired) electrons. The number of nitrogens with one attached hydrogen (secondary N) is 1. The third kappa shape index (κ3) is 4.42. The van der Waals surface area contributed by atoms with Crippen molar-refractivity contribution in [2.75, 3.05) is 0 Å². The summed E-state index contributed by atoms with van der Waals surface area (Å²) in [4.78, 5) is 40.2. The predicted octanol–water partition coefficient (Wildman–Crippen LogP) is 5.49. The number of fused-ring (bicyclic) bond motifs is 2. The second kappa shape index (κ2) is 9.27. The van der Waals surface area contributed by atoms with Gasteiger partial charge in [-0.25, -0.2) is 9.97 Å². The summed E-state index contributed by atoms with van der Waals surface area (Å²) in [6.45, 7) is 4.57. The number of para-hydroxylation sites is 1. The number of aryl methyl sites for hydroxylation is 2. The number of rotatable bonds is 6. The maximum absolute atomic E-state index is 13.3. The minimum atomic E-state index is -0.106. The molecule has 6 nitrogen and oxygen atoms in total. The Morgan fingerprint density at radius 3 is 2.82 bits per heavy atom. The topological polar surface area (TPSA) is 80.6 Å². The van der Waals surface area contributed by atoms with Crippen LogP contribution in [-0.4, -0.2) is 19.5 Å². The van der Waals surface area contributed by atoms with Crippen molar-refractivity contribution in [3.05, 3.63) is 72.9 Å². The minimum Gasteiger partial charge on any atom is -0.309 e. The third-order valence-corrected chi connectivity index (χ3v) is 8.38. The van der Waals surface area contributed by atoms with Crippen LogP contribution in [0.15, 0.2) is 50.7 Å². The normalized spacial score (nSPS) is 14.2. The number of thioether (sulfide) groups is 1. The predicted molar refractivity (Wildman–Crippen MR) is 136 cm³/mol. The first-order valence-corrected chi connectivity index (χ1v) is 13.1. The van der Waals surface area contributed by atoms with Crippen LogP contribution in [0.1, 0.15) is 48.4 Å². The summed E-state index contributed by atoms with van der Waals surface area (Å²) in [6.07, 6.45) is 7.91. The maximum Gasteiger partial charge on any atom is 0.262 e. The highest BCUT2D eigenvalue weighted by Crippen LogP contribution is 2.28. The fourth-order valence-corrected chi connectivity index (χ4v) is 6.29. The first-order chi connectivity index (χ1) is 16.0. The van der Waals surface area contributed by atoms with Gasteiger partial charge in [-0.05, 0) is 63.6 Å². The molecule has 0 unspecified atom stereocenters. The Balaban J connectivity index is 1.47. The summed E-state index contributed by atoms with van der Waals surface area (Å²) >= 11 is 2.99. The molecule has 5 rings (SSSR count). The largest absolute Gasteiger partial charge is 0.309 e. The lowest BCUT2D eigenvalue weighted by atomic mass is 9.97. The van der Waals surface area contributed by atoms with E-state index in [2.05, 4.69) is 16.0 Å². The number of aromatic nitrogens is 4. The van der Waals surface area contributed by atoms with E-state index in [1.165, 1.54) is 30.2 Å². The van der Waals surface area contributed by atoms with E-state index in [0.717, 1.165) is 34.5 Å². The molecule has 0 amide bonds. The molecule has 4 aromatic rings. The Kier molecular flexibility index (Phi) is 6.21. The highest BCUT2D eigenvalue weighted by molar-refractivity contribution is 7.98. The number of hydrogen-bond acceptors (Lipinski definition) is 6. The molecule has 8 heteroatoms. The summed E-state index contributed by atoms with van der Waals surface area (Å²) < 4.78 is 1.79. The van der Waals surface area contributed by atoms with Gasteiger partial charge in [0.25, 0.3) is 11.1 Å². The number of aromatic amines is 1. The van der Waals surface area contributed by atoms with Crippen LogP contribution in [0.25, 0.3) is 21.1 Å². The Bertz CT molecular complexity index is 1500. The van der Waals surface area contributed by atoms with Gasteiger partial charge in [0.05, 0.1) is 22.0 Å². The van der Waals surface area contributed by atoms with Gasteiger partial charge in [0, 0.05) is 11.4 Å². The van der Waals surface area contributed by atoms with Gasteiger partial charge in [-0.2, -0.15) is 0 Å². The zero-order valence-corrected chi connectivity index (χ0v) is 20.4. The van der Waals surface area contributed by atoms with Gasteiger partial charge in [0.15, 0.2) is 5.16 Å². The van der Waals surface area contributed by atoms with Gasteiger partial charge in [-0.1, -0.05) is 35.5 Å². The van der Waals surface area contributed by atoms with Gasteiger partial charge in [-0.15, -0.1) is 11.3 Å². The van der Waals surface area contributed by atoms with Crippen molar-refractivity contribution >= 4 is 44.2 Å². The molecule has 0 saturated carbocycles. The highest BCUT2D eigenvalue weighted by atomic mass is 32.2. The summed E-state index contributed by atoms with van der Waals surface area (Å²) in [5.41, 5.74) is 2.99. The number of benzene rings is 1. The second-order valence-electron chi connectivity index (χ2n) is 8.49. The average Bonchev–Trinajstić information content (AvgIpc) is 3.11. The van der Waals surface area contributed by atoms with E-state index in [1.54, 1.807) is 15.9 Å². The third-order valence-electron chi connectivity index (χ3n) is 6.29. The number of hydrogen-bond donors (Lipinski definition) is 1. The first-order valence-electron chi connectivity index (χ1n) is 11.3. The van der Waals surface area contributed by atoms with Crippen LogP contribution in [0.2, 0.25) is 0 Å². The van der Waals surface area contributed by atoms with E-state index in [-0.39, 0.29) is 11.1 Å². The Morgan fingerprint density at radius 2 is 2.00 bits per heavy atom. The molecule has 1 N–H and O–H groups in total. The van der Waals surface area contributed by atoms with Crippen molar-refractivity contribution in [3.8, 4) is 0 Å². The SMILES string of the molecule is Cc1sc2nc(CSc3nc4ccccc4c(=O)n3CCC3=CCCCC3)[nH]c(=O)c2c1C. The van der Waals surface area contributed by atoms with E-state index < -0.39 is 0 Å². The molecule has 0 atom stereocenters. The van der Waals surface area contributed by atoms with Crippen LogP contribution in [-0.2, 0) is 12.3 Å². The molecule has 1 aliphatic carbocycles. The summed E-state index contributed by atoms with van der Waals surface area (Å²) in [6, 6.07) is 7.48. The number of allylic oxidation sites excluding steroid dienone is 2. The first kappa shape index (κ1) is 22.1. The quantitative estimate of drug-likeness (QED) is 0.225. The number of nitrogens with zero attached hydrogens (tertiary/aromatic N) is 3. The Labute approximate surface area is 199 Å². The van der Waals surface area contributed by atoms with Crippen molar-refractivity contribution in [3.63, 3.8) is 0 Å². The second-order valence-corrected chi connectivity index (χ2v) is 10.6. The van der Waals surface area contributed by atoms with Crippen LogP contribution in [0.4, 0.5) is 0 Å². The van der Waals surface area contributed by atoms with E-state index in [1.807, 2.05) is 38.1 Å². The van der Waals surface area contributed by atoms with Crippen LogP contribution in [0.3, 0.4) is 0 Å². The number of H-pyrrole nitrogens is 1. The molecule has 0 aliphatic heterocycles. The fraction of sp³-hybridized carbons (Fsp3) is 0.360. The molecule has 0 spiro atoms. The lowest BCUT2D eigenvalue weighted by Crippen LogP contribution is -2.24. The average molecular weight is 479 g/mol. The van der Waals surface area contributed by atoms with Crippen molar-refractivity contribution < 1.29 is 0 Å². The molecule has 33 heavy (non-hydrogen) atoms. The van der Waals surface area contributed by atoms with Gasteiger partial charge < -0.3 is 4.98 Å². The Hall–Kier alpha value is -2.71. The molecular weight excluding hydrogens is 452 g/mol. The van der Waals surface area contributed by atoms with Crippen molar-refractivity contribution in [1.82, 2.24) is 19.5 Å². The van der Waals surface area contributed by atoms with Crippen molar-refractivity contribution in [2.24, 2.45) is 0 Å². The van der Waals surface area contributed by atoms with Gasteiger partial charge in [0.1, 0.15) is 10.7 Å². The van der Waals surface area contributed by atoms with Gasteiger partial charge in [0.2, 0.25) is 0 Å². The van der Waals surface area contributed by atoms with Crippen LogP contribution < -0.4 is 11.1 Å². The molecule has 3 aromatic heterocycles. The molecule has 0 bridgehead atoms. The van der Waals surface area contributed by atoms with Crippen LogP contribution >= 0.6 is 23.1 Å². The maximum atomic E-state index is 13.3. The van der Waals surface area contributed by atoms with E-state index in [9.17, 15) is 9.59 Å². The van der Waals surface area contributed by atoms with Crippen LogP contribution in [0.5, 0.6) is 0 Å². The fourth-order valence-electron chi connectivity index (χ4n) is 4.34. The molecule has 1 aromatic carbocycles. The summed E-state index contributed by atoms with van der Waals surface area (Å²) in [5.74, 6) is 1.04. The molecule has 0 fully saturated rings. The minimum absolute atomic E-state index is 0.0130. The molecule has 0 saturated heterocycles. The highest BCUT2D eigenvalue weighted by Gasteiger charge is 2.15. The van der Waals surface area contributed by atoms with Gasteiger partial charge in [-0.3, -0.25) is 14.2 Å². The van der Waals surface area contributed by atoms with E-state index in [4.69, 9.17) is 4.98 Å². The monoisotopic (exact) mass is 478 g/mol. The lowest BCUT2D eigenvalue weighted by molar-refractivity contribution is 0.569.